The molecule has 6 nitrogen and oxygen atoms in total. The maximum Gasteiger partial charge on any atom is 0.158 e. The highest BCUT2D eigenvalue weighted by atomic mass is 15.3. The van der Waals surface area contributed by atoms with Crippen LogP contribution in [0.2, 0.25) is 0 Å². The SMILES string of the molecule is Cc1cc2nc(Nc3cc(C(C)(C)C)nn3C)c3ccccc3n2n1. The number of hydrogen-bond donors (Lipinski definition) is 1. The van der Waals surface area contributed by atoms with Crippen LogP contribution in [0, 0.1) is 6.92 Å². The van der Waals surface area contributed by atoms with Gasteiger partial charge in [-0.05, 0) is 19.1 Å². The predicted octanol–water partition coefficient (Wildman–Crippen LogP) is 3.97. The van der Waals surface area contributed by atoms with Gasteiger partial charge in [0.1, 0.15) is 11.6 Å². The second-order valence-corrected chi connectivity index (χ2v) is 7.45. The van der Waals surface area contributed by atoms with Crippen LogP contribution in [0.4, 0.5) is 11.6 Å². The highest BCUT2D eigenvalue weighted by Gasteiger charge is 2.19. The molecule has 25 heavy (non-hydrogen) atoms. The Hall–Kier alpha value is -2.89. The van der Waals surface area contributed by atoms with Crippen molar-refractivity contribution in [2.24, 2.45) is 7.05 Å². The second kappa shape index (κ2) is 5.31. The number of aryl methyl sites for hydroxylation is 2. The quantitative estimate of drug-likeness (QED) is 0.603. The van der Waals surface area contributed by atoms with Gasteiger partial charge in [0.15, 0.2) is 5.65 Å². The lowest BCUT2D eigenvalue weighted by Crippen LogP contribution is -2.12. The molecule has 0 saturated carbocycles. The van der Waals surface area contributed by atoms with E-state index in [0.717, 1.165) is 39.6 Å². The molecule has 0 amide bonds. The largest absolute Gasteiger partial charge is 0.325 e. The first-order chi connectivity index (χ1) is 11.8. The van der Waals surface area contributed by atoms with E-state index in [2.05, 4.69) is 54.5 Å². The van der Waals surface area contributed by atoms with Gasteiger partial charge in [0.2, 0.25) is 0 Å². The second-order valence-electron chi connectivity index (χ2n) is 7.45. The van der Waals surface area contributed by atoms with E-state index in [0.29, 0.717) is 0 Å². The third-order valence-corrected chi connectivity index (χ3v) is 4.32. The summed E-state index contributed by atoms with van der Waals surface area (Å²) >= 11 is 0. The van der Waals surface area contributed by atoms with Crippen molar-refractivity contribution in [3.63, 3.8) is 0 Å². The zero-order chi connectivity index (χ0) is 17.8. The van der Waals surface area contributed by atoms with Crippen molar-refractivity contribution in [3.05, 3.63) is 47.8 Å². The van der Waals surface area contributed by atoms with Crippen LogP contribution >= 0.6 is 0 Å². The highest BCUT2D eigenvalue weighted by Crippen LogP contribution is 2.28. The van der Waals surface area contributed by atoms with Crippen LogP contribution < -0.4 is 5.32 Å². The molecule has 1 aromatic carbocycles. The van der Waals surface area contributed by atoms with Crippen molar-refractivity contribution in [1.82, 2.24) is 24.4 Å². The fourth-order valence-electron chi connectivity index (χ4n) is 2.94. The minimum atomic E-state index is -0.000295. The normalized spacial score (nSPS) is 12.2. The zero-order valence-electron chi connectivity index (χ0n) is 15.2. The Balaban J connectivity index is 1.88. The lowest BCUT2D eigenvalue weighted by molar-refractivity contribution is 0.553. The van der Waals surface area contributed by atoms with E-state index in [1.54, 1.807) is 0 Å². The molecule has 4 rings (SSSR count). The molecule has 0 atom stereocenters. The molecule has 0 aliphatic rings. The van der Waals surface area contributed by atoms with Crippen LogP contribution in [0.25, 0.3) is 16.6 Å². The molecule has 0 spiro atoms. The maximum absolute atomic E-state index is 4.78. The first-order valence-corrected chi connectivity index (χ1v) is 8.39. The van der Waals surface area contributed by atoms with Crippen LogP contribution in [0.1, 0.15) is 32.2 Å². The molecule has 0 bridgehead atoms. The molecular weight excluding hydrogens is 312 g/mol. The molecule has 1 N–H and O–H groups in total. The van der Waals surface area contributed by atoms with E-state index in [1.807, 2.05) is 41.4 Å². The number of nitrogens with zero attached hydrogens (tertiary/aromatic N) is 5. The summed E-state index contributed by atoms with van der Waals surface area (Å²) in [5.74, 6) is 1.73. The number of anilines is 2. The lowest BCUT2D eigenvalue weighted by Gasteiger charge is -2.13. The number of para-hydroxylation sites is 1. The third-order valence-electron chi connectivity index (χ3n) is 4.32. The van der Waals surface area contributed by atoms with Gasteiger partial charge in [0.05, 0.1) is 16.9 Å². The van der Waals surface area contributed by atoms with Gasteiger partial charge in [0.25, 0.3) is 0 Å². The van der Waals surface area contributed by atoms with Crippen molar-refractivity contribution in [2.45, 2.75) is 33.1 Å². The first-order valence-electron chi connectivity index (χ1n) is 8.39. The summed E-state index contributed by atoms with van der Waals surface area (Å²) in [5.41, 5.74) is 3.85. The van der Waals surface area contributed by atoms with E-state index in [9.17, 15) is 0 Å². The highest BCUT2D eigenvalue weighted by molar-refractivity contribution is 5.92. The Kier molecular flexibility index (Phi) is 3.32. The average molecular weight is 334 g/mol. The molecule has 0 radical (unpaired) electrons. The minimum absolute atomic E-state index is 0.000295. The summed E-state index contributed by atoms with van der Waals surface area (Å²) in [6, 6.07) is 12.2. The van der Waals surface area contributed by atoms with E-state index in [4.69, 9.17) is 4.98 Å². The summed E-state index contributed by atoms with van der Waals surface area (Å²) in [4.78, 5) is 4.78. The molecule has 4 aromatic rings. The van der Waals surface area contributed by atoms with Crippen LogP contribution in [0.15, 0.2) is 36.4 Å². The topological polar surface area (TPSA) is 60.0 Å². The Morgan fingerprint density at radius 2 is 1.80 bits per heavy atom. The standard InChI is InChI=1S/C19H22N6/c1-12-10-17-21-18(13-8-6-7-9-14(13)25(17)22-12)20-16-11-15(19(2,3)4)23-24(16)5/h6-11H,1-5H3,(H,20,21). The maximum atomic E-state index is 4.78. The van der Waals surface area contributed by atoms with Gasteiger partial charge in [-0.3, -0.25) is 4.68 Å². The van der Waals surface area contributed by atoms with Gasteiger partial charge < -0.3 is 5.32 Å². The van der Waals surface area contributed by atoms with Crippen molar-refractivity contribution < 1.29 is 0 Å². The summed E-state index contributed by atoms with van der Waals surface area (Å²) in [7, 11) is 1.95. The third kappa shape index (κ3) is 2.63. The Bertz CT molecular complexity index is 1080. The van der Waals surface area contributed by atoms with Crippen molar-refractivity contribution in [2.75, 3.05) is 5.32 Å². The summed E-state index contributed by atoms with van der Waals surface area (Å²) in [5, 5.41) is 13.7. The van der Waals surface area contributed by atoms with Crippen LogP contribution in [0.5, 0.6) is 0 Å². The monoisotopic (exact) mass is 334 g/mol. The van der Waals surface area contributed by atoms with Crippen molar-refractivity contribution in [3.8, 4) is 0 Å². The predicted molar refractivity (Wildman–Crippen MR) is 100 cm³/mol. The molecule has 0 saturated heterocycles. The molecule has 0 fully saturated rings. The molecular formula is C19H22N6. The zero-order valence-corrected chi connectivity index (χ0v) is 15.2. The Morgan fingerprint density at radius 1 is 1.04 bits per heavy atom. The molecule has 3 aromatic heterocycles. The van der Waals surface area contributed by atoms with Crippen LogP contribution in [-0.4, -0.2) is 24.4 Å². The average Bonchev–Trinajstić information content (AvgIpc) is 3.10. The van der Waals surface area contributed by atoms with E-state index in [-0.39, 0.29) is 5.41 Å². The number of benzene rings is 1. The summed E-state index contributed by atoms with van der Waals surface area (Å²) < 4.78 is 3.75. The molecule has 3 heterocycles. The van der Waals surface area contributed by atoms with Gasteiger partial charge >= 0.3 is 0 Å². The fraction of sp³-hybridized carbons (Fsp3) is 0.316. The lowest BCUT2D eigenvalue weighted by atomic mass is 9.92. The van der Waals surface area contributed by atoms with Crippen LogP contribution in [-0.2, 0) is 12.5 Å². The smallest absolute Gasteiger partial charge is 0.158 e. The van der Waals surface area contributed by atoms with Crippen molar-refractivity contribution >= 4 is 28.2 Å². The number of fused-ring (bicyclic) bond motifs is 3. The molecule has 6 heteroatoms. The van der Waals surface area contributed by atoms with Gasteiger partial charge in [-0.2, -0.15) is 10.2 Å². The summed E-state index contributed by atoms with van der Waals surface area (Å²) in [6.07, 6.45) is 0. The Labute approximate surface area is 146 Å². The van der Waals surface area contributed by atoms with E-state index < -0.39 is 0 Å². The molecule has 0 aliphatic carbocycles. The molecule has 0 unspecified atom stereocenters. The number of aromatic nitrogens is 5. The molecule has 0 aliphatic heterocycles. The van der Waals surface area contributed by atoms with E-state index in [1.165, 1.54) is 0 Å². The van der Waals surface area contributed by atoms with Crippen LogP contribution in [0.3, 0.4) is 0 Å². The first kappa shape index (κ1) is 15.6. The van der Waals surface area contributed by atoms with Gasteiger partial charge in [-0.1, -0.05) is 32.9 Å². The fourth-order valence-corrected chi connectivity index (χ4v) is 2.94. The van der Waals surface area contributed by atoms with Crippen molar-refractivity contribution in [1.29, 1.82) is 0 Å². The number of hydrogen-bond acceptors (Lipinski definition) is 4. The van der Waals surface area contributed by atoms with E-state index >= 15 is 0 Å². The molecule has 128 valence electrons. The van der Waals surface area contributed by atoms with Gasteiger partial charge in [0, 0.05) is 30.0 Å². The Morgan fingerprint density at radius 3 is 2.52 bits per heavy atom. The summed E-state index contributed by atoms with van der Waals surface area (Å²) in [6.45, 7) is 8.46. The minimum Gasteiger partial charge on any atom is -0.325 e. The van der Waals surface area contributed by atoms with Gasteiger partial charge in [-0.15, -0.1) is 0 Å². The number of nitrogens with one attached hydrogen (secondary N) is 1. The number of rotatable bonds is 2. The van der Waals surface area contributed by atoms with Gasteiger partial charge in [-0.25, -0.2) is 9.50 Å².